The highest BCUT2D eigenvalue weighted by atomic mass is 16.5. The van der Waals surface area contributed by atoms with Crippen LogP contribution in [0.1, 0.15) is 68.8 Å². The molecule has 0 amide bonds. The molecule has 0 radical (unpaired) electrons. The van der Waals surface area contributed by atoms with Gasteiger partial charge in [0.15, 0.2) is 11.6 Å². The highest BCUT2D eigenvalue weighted by Gasteiger charge is 2.35. The van der Waals surface area contributed by atoms with Gasteiger partial charge in [-0.15, -0.1) is 0 Å². The fourth-order valence-corrected chi connectivity index (χ4v) is 3.97. The molecule has 2 aromatic rings. The lowest BCUT2D eigenvalue weighted by Gasteiger charge is -2.28. The Morgan fingerprint density at radius 3 is 2.19 bits per heavy atom. The van der Waals surface area contributed by atoms with Crippen LogP contribution in [0, 0.1) is 0 Å². The molecule has 5 heteroatoms. The van der Waals surface area contributed by atoms with Crippen LogP contribution in [-0.4, -0.2) is 29.8 Å². The van der Waals surface area contributed by atoms with Gasteiger partial charge in [-0.05, 0) is 36.1 Å². The van der Waals surface area contributed by atoms with Crippen molar-refractivity contribution in [1.29, 1.82) is 0 Å². The summed E-state index contributed by atoms with van der Waals surface area (Å²) >= 11 is 0. The van der Waals surface area contributed by atoms with Crippen molar-refractivity contribution in [2.24, 2.45) is 0 Å². The topological polar surface area (TPSA) is 80.7 Å². The summed E-state index contributed by atoms with van der Waals surface area (Å²) in [4.78, 5) is 38.3. The molecule has 2 aliphatic rings. The lowest BCUT2D eigenvalue weighted by molar-refractivity contribution is -0.133. The Labute approximate surface area is 156 Å². The molecule has 0 aromatic heterocycles. The molecule has 2 aliphatic carbocycles. The van der Waals surface area contributed by atoms with E-state index in [1.54, 1.807) is 36.4 Å². The number of hydrogen-bond acceptors (Lipinski definition) is 5. The smallest absolute Gasteiger partial charge is 0.338 e. The number of aliphatic hydroxyl groups excluding tert-OH is 1. The molecule has 1 N–H and O–H groups in total. The van der Waals surface area contributed by atoms with Crippen LogP contribution in [0.4, 0.5) is 0 Å². The second-order valence-corrected chi connectivity index (χ2v) is 6.73. The Morgan fingerprint density at radius 2 is 1.63 bits per heavy atom. The molecule has 27 heavy (non-hydrogen) atoms. The van der Waals surface area contributed by atoms with E-state index in [4.69, 9.17) is 4.74 Å². The minimum atomic E-state index is -0.839. The van der Waals surface area contributed by atoms with Gasteiger partial charge in [0.25, 0.3) is 0 Å². The lowest BCUT2D eigenvalue weighted by atomic mass is 9.76. The average Bonchev–Trinajstić information content (AvgIpc) is 2.70. The first-order valence-corrected chi connectivity index (χ1v) is 8.83. The van der Waals surface area contributed by atoms with Crippen molar-refractivity contribution in [3.63, 3.8) is 0 Å². The number of fused-ring (bicyclic) bond motifs is 3. The van der Waals surface area contributed by atoms with Crippen LogP contribution in [0.2, 0.25) is 0 Å². The predicted octanol–water partition coefficient (Wildman–Crippen LogP) is 3.24. The van der Waals surface area contributed by atoms with Crippen LogP contribution in [-0.2, 0) is 9.53 Å². The van der Waals surface area contributed by atoms with E-state index in [0.717, 1.165) is 5.57 Å². The lowest BCUT2D eigenvalue weighted by Crippen LogP contribution is -2.24. The Bertz CT molecular complexity index is 1040. The standard InChI is InChI=1S/C22H18O5/c1-3-11-8-18(23)14-9-16-17(10-15(14)19(11)22(26)27-2)21(25)13-7-5-4-6-12(13)20(16)24/h4-7,9-10,18,23H,3,8H2,1-2H3. The Morgan fingerprint density at radius 1 is 1.04 bits per heavy atom. The number of methoxy groups -OCH3 is 1. The molecule has 0 heterocycles. The van der Waals surface area contributed by atoms with E-state index in [2.05, 4.69) is 0 Å². The molecule has 2 aromatic carbocycles. The van der Waals surface area contributed by atoms with Crippen LogP contribution < -0.4 is 0 Å². The summed E-state index contributed by atoms with van der Waals surface area (Å²) in [7, 11) is 1.30. The van der Waals surface area contributed by atoms with E-state index in [9.17, 15) is 19.5 Å². The van der Waals surface area contributed by atoms with Crippen LogP contribution in [0.15, 0.2) is 42.0 Å². The first kappa shape index (κ1) is 17.4. The van der Waals surface area contributed by atoms with Crippen molar-refractivity contribution < 1.29 is 24.2 Å². The maximum absolute atomic E-state index is 13.0. The SMILES string of the molecule is CCC1=C(C(=O)OC)c2cc3c(cc2C(O)C1)C(=O)c1ccccc1C3=O. The Balaban J connectivity index is 1.99. The minimum absolute atomic E-state index is 0.250. The summed E-state index contributed by atoms with van der Waals surface area (Å²) in [5, 5.41) is 10.6. The van der Waals surface area contributed by atoms with Crippen molar-refractivity contribution >= 4 is 23.1 Å². The van der Waals surface area contributed by atoms with Crippen molar-refractivity contribution in [3.8, 4) is 0 Å². The first-order chi connectivity index (χ1) is 13.0. The van der Waals surface area contributed by atoms with Crippen molar-refractivity contribution in [2.75, 3.05) is 7.11 Å². The van der Waals surface area contributed by atoms with Crippen molar-refractivity contribution in [2.45, 2.75) is 25.9 Å². The van der Waals surface area contributed by atoms with E-state index < -0.39 is 12.1 Å². The predicted molar refractivity (Wildman–Crippen MR) is 98.6 cm³/mol. The number of aliphatic hydroxyl groups is 1. The van der Waals surface area contributed by atoms with Crippen LogP contribution in [0.5, 0.6) is 0 Å². The van der Waals surface area contributed by atoms with Crippen molar-refractivity contribution in [3.05, 3.63) is 75.4 Å². The maximum Gasteiger partial charge on any atom is 0.338 e. The van der Waals surface area contributed by atoms with Gasteiger partial charge in [0.05, 0.1) is 18.8 Å². The van der Waals surface area contributed by atoms with Crippen LogP contribution in [0.3, 0.4) is 0 Å². The monoisotopic (exact) mass is 362 g/mol. The zero-order valence-corrected chi connectivity index (χ0v) is 15.0. The third-order valence-corrected chi connectivity index (χ3v) is 5.33. The number of rotatable bonds is 2. The van der Waals surface area contributed by atoms with Gasteiger partial charge in [0, 0.05) is 22.3 Å². The maximum atomic E-state index is 13.0. The molecule has 0 spiro atoms. The van der Waals surface area contributed by atoms with E-state index in [-0.39, 0.29) is 22.7 Å². The van der Waals surface area contributed by atoms with Crippen LogP contribution >= 0.6 is 0 Å². The summed E-state index contributed by atoms with van der Waals surface area (Å²) < 4.78 is 4.93. The van der Waals surface area contributed by atoms with E-state index in [1.807, 2.05) is 6.92 Å². The van der Waals surface area contributed by atoms with Gasteiger partial charge in [-0.1, -0.05) is 36.8 Å². The number of ether oxygens (including phenoxy) is 1. The summed E-state index contributed by atoms with van der Waals surface area (Å²) in [6.07, 6.45) is 0.0350. The molecular formula is C22H18O5. The number of esters is 1. The molecule has 1 unspecified atom stereocenters. The van der Waals surface area contributed by atoms with Gasteiger partial charge < -0.3 is 9.84 Å². The molecular weight excluding hydrogens is 344 g/mol. The molecule has 0 saturated carbocycles. The largest absolute Gasteiger partial charge is 0.465 e. The average molecular weight is 362 g/mol. The number of carbonyl (C=O) groups is 3. The summed E-state index contributed by atoms with van der Waals surface area (Å²) in [5.41, 5.74) is 3.33. The Hall–Kier alpha value is -3.05. The molecule has 5 nitrogen and oxygen atoms in total. The zero-order valence-electron chi connectivity index (χ0n) is 15.0. The zero-order chi connectivity index (χ0) is 19.3. The second kappa shape index (κ2) is 6.28. The third-order valence-electron chi connectivity index (χ3n) is 5.33. The molecule has 0 aliphatic heterocycles. The molecule has 0 saturated heterocycles. The minimum Gasteiger partial charge on any atom is -0.465 e. The van der Waals surface area contributed by atoms with E-state index >= 15 is 0 Å². The quantitative estimate of drug-likeness (QED) is 0.708. The third kappa shape index (κ3) is 2.46. The molecule has 1 atom stereocenters. The van der Waals surface area contributed by atoms with Gasteiger partial charge >= 0.3 is 5.97 Å². The fraction of sp³-hybridized carbons (Fsp3) is 0.227. The number of benzene rings is 2. The summed E-state index contributed by atoms with van der Waals surface area (Å²) in [6.45, 7) is 1.90. The van der Waals surface area contributed by atoms with Gasteiger partial charge in [-0.3, -0.25) is 9.59 Å². The van der Waals surface area contributed by atoms with Gasteiger partial charge in [-0.25, -0.2) is 4.79 Å². The summed E-state index contributed by atoms with van der Waals surface area (Å²) in [5.74, 6) is -1.01. The molecule has 0 fully saturated rings. The first-order valence-electron chi connectivity index (χ1n) is 8.83. The highest BCUT2D eigenvalue weighted by molar-refractivity contribution is 6.29. The molecule has 4 rings (SSSR count). The fourth-order valence-electron chi connectivity index (χ4n) is 3.97. The number of ketones is 2. The highest BCUT2D eigenvalue weighted by Crippen LogP contribution is 2.42. The van der Waals surface area contributed by atoms with E-state index in [0.29, 0.717) is 40.7 Å². The van der Waals surface area contributed by atoms with E-state index in [1.165, 1.54) is 7.11 Å². The van der Waals surface area contributed by atoms with Crippen LogP contribution in [0.25, 0.3) is 5.57 Å². The van der Waals surface area contributed by atoms with Gasteiger partial charge in [0.2, 0.25) is 0 Å². The normalized spacial score (nSPS) is 18.0. The number of carbonyl (C=O) groups excluding carboxylic acids is 3. The van der Waals surface area contributed by atoms with Crippen molar-refractivity contribution in [1.82, 2.24) is 0 Å². The number of hydrogen-bond donors (Lipinski definition) is 1. The molecule has 136 valence electrons. The second-order valence-electron chi connectivity index (χ2n) is 6.73. The molecule has 0 bridgehead atoms. The van der Waals surface area contributed by atoms with Gasteiger partial charge in [0.1, 0.15) is 0 Å². The van der Waals surface area contributed by atoms with Gasteiger partial charge in [-0.2, -0.15) is 0 Å². The Kier molecular flexibility index (Phi) is 4.04. The summed E-state index contributed by atoms with van der Waals surface area (Å²) in [6, 6.07) is 9.80.